The summed E-state index contributed by atoms with van der Waals surface area (Å²) in [5, 5.41) is 11.7. The van der Waals surface area contributed by atoms with E-state index in [4.69, 9.17) is 9.15 Å². The van der Waals surface area contributed by atoms with Crippen LogP contribution in [0.15, 0.2) is 63.7 Å². The summed E-state index contributed by atoms with van der Waals surface area (Å²) in [7, 11) is 0. The van der Waals surface area contributed by atoms with Crippen molar-refractivity contribution >= 4 is 40.3 Å². The second-order valence-electron chi connectivity index (χ2n) is 5.64. The average molecular weight is 412 g/mol. The Kier molecular flexibility index (Phi) is 5.41. The van der Waals surface area contributed by atoms with Crippen LogP contribution in [-0.2, 0) is 16.1 Å². The molecule has 0 spiro atoms. The molecule has 8 heteroatoms. The van der Waals surface area contributed by atoms with Crippen LogP contribution < -0.4 is 0 Å². The first-order chi connectivity index (χ1) is 13.7. The minimum atomic E-state index is -0.525. The maximum absolute atomic E-state index is 13.1. The number of thiophene rings is 2. The Morgan fingerprint density at radius 3 is 2.57 bits per heavy atom. The fourth-order valence-corrected chi connectivity index (χ4v) is 3.78. The lowest BCUT2D eigenvalue weighted by molar-refractivity contribution is -0.138. The number of ether oxygens (including phenoxy) is 1. The number of nitrogens with zero attached hydrogens (tertiary/aromatic N) is 2. The van der Waals surface area contributed by atoms with E-state index in [-0.39, 0.29) is 18.3 Å². The zero-order chi connectivity index (χ0) is 19.3. The molecule has 0 bridgehead atoms. The number of hydrogen-bond acceptors (Lipinski definition) is 7. The van der Waals surface area contributed by atoms with Crippen molar-refractivity contribution < 1.29 is 18.3 Å². The zero-order valence-electron chi connectivity index (χ0n) is 14.4. The number of carbonyl (C=O) groups excluding carboxylic acids is 1. The molecular formula is C20H13FN2O3S2. The molecule has 3 aromatic heterocycles. The molecule has 28 heavy (non-hydrogen) atoms. The highest BCUT2D eigenvalue weighted by molar-refractivity contribution is 7.13. The molecule has 140 valence electrons. The van der Waals surface area contributed by atoms with Gasteiger partial charge in [-0.1, -0.05) is 24.3 Å². The predicted octanol–water partition coefficient (Wildman–Crippen LogP) is 5.28. The standard InChI is InChI=1S/C20H13FN2O3S2/c21-14-7-5-13(6-8-14)11-15(16-3-1-9-27-16)20(24)25-12-18-22-23-19(26-18)17-4-2-10-28-17/h1-11H,12H2/b15-11+. The van der Waals surface area contributed by atoms with E-state index in [2.05, 4.69) is 10.2 Å². The van der Waals surface area contributed by atoms with Crippen LogP contribution in [0.2, 0.25) is 0 Å². The lowest BCUT2D eigenvalue weighted by Crippen LogP contribution is -2.07. The fraction of sp³-hybridized carbons (Fsp3) is 0.0500. The quantitative estimate of drug-likeness (QED) is 0.318. The summed E-state index contributed by atoms with van der Waals surface area (Å²) in [4.78, 5) is 14.3. The van der Waals surface area contributed by atoms with E-state index in [0.717, 1.165) is 9.75 Å². The van der Waals surface area contributed by atoms with E-state index >= 15 is 0 Å². The second-order valence-corrected chi connectivity index (χ2v) is 7.54. The molecule has 0 N–H and O–H groups in total. The van der Waals surface area contributed by atoms with Gasteiger partial charge in [0.05, 0.1) is 10.5 Å². The summed E-state index contributed by atoms with van der Waals surface area (Å²) in [5.74, 6) is -0.261. The lowest BCUT2D eigenvalue weighted by atomic mass is 10.1. The number of aromatic nitrogens is 2. The number of rotatable bonds is 6. The minimum Gasteiger partial charge on any atom is -0.452 e. The van der Waals surface area contributed by atoms with Crippen LogP contribution in [0.1, 0.15) is 16.3 Å². The first kappa shape index (κ1) is 18.3. The molecule has 1 aromatic carbocycles. The van der Waals surface area contributed by atoms with Gasteiger partial charge < -0.3 is 9.15 Å². The first-order valence-corrected chi connectivity index (χ1v) is 9.99. The highest BCUT2D eigenvalue weighted by Gasteiger charge is 2.17. The van der Waals surface area contributed by atoms with Crippen molar-refractivity contribution in [2.75, 3.05) is 0 Å². The second kappa shape index (κ2) is 8.28. The molecule has 4 aromatic rings. The average Bonchev–Trinajstić information content (AvgIpc) is 3.48. The van der Waals surface area contributed by atoms with Crippen molar-refractivity contribution in [3.63, 3.8) is 0 Å². The third-order valence-corrected chi connectivity index (χ3v) is 5.47. The van der Waals surface area contributed by atoms with Crippen LogP contribution in [0.5, 0.6) is 0 Å². The van der Waals surface area contributed by atoms with Gasteiger partial charge in [0.1, 0.15) is 5.82 Å². The van der Waals surface area contributed by atoms with Gasteiger partial charge in [-0.2, -0.15) is 0 Å². The van der Waals surface area contributed by atoms with Gasteiger partial charge in [-0.3, -0.25) is 0 Å². The molecule has 0 unspecified atom stereocenters. The van der Waals surface area contributed by atoms with E-state index in [1.165, 1.54) is 34.8 Å². The molecule has 0 radical (unpaired) electrons. The van der Waals surface area contributed by atoms with Crippen LogP contribution in [0.3, 0.4) is 0 Å². The largest absolute Gasteiger partial charge is 0.452 e. The first-order valence-electron chi connectivity index (χ1n) is 8.23. The minimum absolute atomic E-state index is 0.136. The van der Waals surface area contributed by atoms with Gasteiger partial charge in [0, 0.05) is 4.88 Å². The van der Waals surface area contributed by atoms with Crippen LogP contribution in [0.25, 0.3) is 22.4 Å². The van der Waals surface area contributed by atoms with Crippen LogP contribution in [0, 0.1) is 5.82 Å². The number of esters is 1. The summed E-state index contributed by atoms with van der Waals surface area (Å²) < 4.78 is 24.0. The molecule has 4 rings (SSSR count). The van der Waals surface area contributed by atoms with Crippen molar-refractivity contribution in [3.8, 4) is 10.8 Å². The molecule has 0 aliphatic rings. The molecule has 3 heterocycles. The predicted molar refractivity (Wildman–Crippen MR) is 106 cm³/mol. The van der Waals surface area contributed by atoms with Crippen molar-refractivity contribution in [3.05, 3.63) is 81.4 Å². The van der Waals surface area contributed by atoms with Gasteiger partial charge in [0.2, 0.25) is 0 Å². The highest BCUT2D eigenvalue weighted by Crippen LogP contribution is 2.26. The van der Waals surface area contributed by atoms with E-state index < -0.39 is 5.97 Å². The third-order valence-electron chi connectivity index (χ3n) is 3.71. The summed E-state index contributed by atoms with van der Waals surface area (Å²) in [6.45, 7) is -0.136. The third kappa shape index (κ3) is 4.24. The molecule has 5 nitrogen and oxygen atoms in total. The topological polar surface area (TPSA) is 65.2 Å². The fourth-order valence-electron chi connectivity index (χ4n) is 2.40. The van der Waals surface area contributed by atoms with Gasteiger partial charge in [-0.25, -0.2) is 9.18 Å². The summed E-state index contributed by atoms with van der Waals surface area (Å²) in [6, 6.07) is 13.3. The van der Waals surface area contributed by atoms with Crippen molar-refractivity contribution in [2.45, 2.75) is 6.61 Å². The van der Waals surface area contributed by atoms with Crippen LogP contribution in [0.4, 0.5) is 4.39 Å². The van der Waals surface area contributed by atoms with E-state index in [1.807, 2.05) is 35.0 Å². The Hall–Kier alpha value is -3.10. The molecule has 0 amide bonds. The Morgan fingerprint density at radius 2 is 1.86 bits per heavy atom. The number of halogens is 1. The molecular weight excluding hydrogens is 399 g/mol. The van der Waals surface area contributed by atoms with E-state index in [0.29, 0.717) is 17.0 Å². The molecule has 0 atom stereocenters. The van der Waals surface area contributed by atoms with Crippen LogP contribution >= 0.6 is 22.7 Å². The van der Waals surface area contributed by atoms with Gasteiger partial charge in [-0.15, -0.1) is 32.9 Å². The monoisotopic (exact) mass is 412 g/mol. The van der Waals surface area contributed by atoms with Gasteiger partial charge >= 0.3 is 5.97 Å². The summed E-state index contributed by atoms with van der Waals surface area (Å²) in [5.41, 5.74) is 1.07. The molecule has 0 saturated heterocycles. The molecule has 0 aliphatic carbocycles. The van der Waals surface area contributed by atoms with Gasteiger partial charge in [0.25, 0.3) is 11.8 Å². The number of carbonyl (C=O) groups is 1. The summed E-state index contributed by atoms with van der Waals surface area (Å²) in [6.07, 6.45) is 1.67. The van der Waals surface area contributed by atoms with Crippen molar-refractivity contribution in [2.24, 2.45) is 0 Å². The van der Waals surface area contributed by atoms with E-state index in [9.17, 15) is 9.18 Å². The number of benzene rings is 1. The van der Waals surface area contributed by atoms with Gasteiger partial charge in [0.15, 0.2) is 6.61 Å². The van der Waals surface area contributed by atoms with Crippen LogP contribution in [-0.4, -0.2) is 16.2 Å². The smallest absolute Gasteiger partial charge is 0.340 e. The normalized spacial score (nSPS) is 11.5. The number of hydrogen-bond donors (Lipinski definition) is 0. The molecule has 0 fully saturated rings. The molecule has 0 aliphatic heterocycles. The van der Waals surface area contributed by atoms with Crippen molar-refractivity contribution in [1.29, 1.82) is 0 Å². The lowest BCUT2D eigenvalue weighted by Gasteiger charge is -2.06. The zero-order valence-corrected chi connectivity index (χ0v) is 16.0. The Balaban J connectivity index is 1.51. The maximum Gasteiger partial charge on any atom is 0.340 e. The van der Waals surface area contributed by atoms with Crippen molar-refractivity contribution in [1.82, 2.24) is 10.2 Å². The highest BCUT2D eigenvalue weighted by atomic mass is 32.1. The Labute approximate surface area is 167 Å². The summed E-state index contributed by atoms with van der Waals surface area (Å²) >= 11 is 2.89. The Bertz CT molecular complexity index is 1090. The Morgan fingerprint density at radius 1 is 1.07 bits per heavy atom. The SMILES string of the molecule is O=C(OCc1nnc(-c2cccs2)o1)/C(=C/c1ccc(F)cc1)c1cccs1. The van der Waals surface area contributed by atoms with E-state index in [1.54, 1.807) is 18.2 Å². The molecule has 0 saturated carbocycles. The maximum atomic E-state index is 13.1. The van der Waals surface area contributed by atoms with Gasteiger partial charge in [-0.05, 0) is 46.7 Å².